The Morgan fingerprint density at radius 2 is 1.86 bits per heavy atom. The number of aromatic nitrogens is 3. The van der Waals surface area contributed by atoms with Crippen molar-refractivity contribution in [2.24, 2.45) is 5.92 Å². The zero-order valence-electron chi connectivity index (χ0n) is 20.0. The van der Waals surface area contributed by atoms with E-state index in [1.807, 2.05) is 50.2 Å². The van der Waals surface area contributed by atoms with Crippen molar-refractivity contribution < 1.29 is 14.3 Å². The number of hydrogen-bond acceptors (Lipinski definition) is 8. The average Bonchev–Trinajstić information content (AvgIpc) is 2.87. The Kier molecular flexibility index (Phi) is 7.99. The van der Waals surface area contributed by atoms with Gasteiger partial charge in [0, 0.05) is 35.5 Å². The highest BCUT2D eigenvalue weighted by Gasteiger charge is 2.26. The Morgan fingerprint density at radius 1 is 1.09 bits per heavy atom. The number of hydrogen-bond donors (Lipinski definition) is 2. The molecule has 0 bridgehead atoms. The van der Waals surface area contributed by atoms with Crippen molar-refractivity contribution in [1.82, 2.24) is 19.9 Å². The van der Waals surface area contributed by atoms with Gasteiger partial charge in [0.1, 0.15) is 0 Å². The molecule has 0 spiro atoms. The first-order valence-corrected chi connectivity index (χ1v) is 11.8. The molecule has 0 radical (unpaired) electrons. The number of benzene rings is 1. The van der Waals surface area contributed by atoms with Gasteiger partial charge in [-0.3, -0.25) is 19.5 Å². The maximum absolute atomic E-state index is 12.7. The molecule has 1 aliphatic rings. The number of esters is 1. The third kappa shape index (κ3) is 6.60. The van der Waals surface area contributed by atoms with Crippen LogP contribution < -0.4 is 10.6 Å². The number of nitrogens with zero attached hydrogens (tertiary/aromatic N) is 4. The van der Waals surface area contributed by atoms with Gasteiger partial charge in [0.15, 0.2) is 0 Å². The average molecular weight is 475 g/mol. The minimum absolute atomic E-state index is 0.0701. The van der Waals surface area contributed by atoms with Crippen LogP contribution in [-0.4, -0.2) is 58.0 Å². The van der Waals surface area contributed by atoms with Crippen LogP contribution in [0.2, 0.25) is 0 Å². The lowest BCUT2D eigenvalue weighted by atomic mass is 9.97. The minimum atomic E-state index is -0.133. The summed E-state index contributed by atoms with van der Waals surface area (Å²) < 4.78 is 5.11. The number of carbonyl (C=O) groups is 2. The molecule has 35 heavy (non-hydrogen) atoms. The second-order valence-corrected chi connectivity index (χ2v) is 8.51. The Balaban J connectivity index is 1.35. The van der Waals surface area contributed by atoms with Gasteiger partial charge in [0.05, 0.1) is 24.8 Å². The van der Waals surface area contributed by atoms with Crippen molar-refractivity contribution in [3.05, 3.63) is 60.6 Å². The Bertz CT molecular complexity index is 1160. The van der Waals surface area contributed by atoms with Crippen LogP contribution in [0.4, 0.5) is 17.3 Å². The molecule has 0 saturated carbocycles. The van der Waals surface area contributed by atoms with Gasteiger partial charge in [0.25, 0.3) is 0 Å². The van der Waals surface area contributed by atoms with Crippen molar-refractivity contribution in [3.8, 4) is 11.3 Å². The van der Waals surface area contributed by atoms with E-state index < -0.39 is 0 Å². The molecule has 1 saturated heterocycles. The quantitative estimate of drug-likeness (QED) is 0.475. The Labute approximate surface area is 205 Å². The highest BCUT2D eigenvalue weighted by atomic mass is 16.5. The van der Waals surface area contributed by atoms with E-state index in [0.29, 0.717) is 44.2 Å². The van der Waals surface area contributed by atoms with Gasteiger partial charge in [-0.2, -0.15) is 0 Å². The number of aryl methyl sites for hydroxylation is 1. The smallest absolute Gasteiger partial charge is 0.309 e. The van der Waals surface area contributed by atoms with E-state index in [2.05, 4.69) is 30.5 Å². The topological polar surface area (TPSA) is 109 Å². The molecule has 2 N–H and O–H groups in total. The highest BCUT2D eigenvalue weighted by molar-refractivity contribution is 5.93. The van der Waals surface area contributed by atoms with E-state index in [1.165, 1.54) is 0 Å². The summed E-state index contributed by atoms with van der Waals surface area (Å²) in [6.07, 6.45) is 6.58. The van der Waals surface area contributed by atoms with E-state index in [0.717, 1.165) is 22.5 Å². The summed E-state index contributed by atoms with van der Waals surface area (Å²) in [5, 5.41) is 6.23. The van der Waals surface area contributed by atoms with E-state index in [9.17, 15) is 9.59 Å². The third-order valence-electron chi connectivity index (χ3n) is 5.97. The number of likely N-dealkylation sites (tertiary alicyclic amines) is 1. The summed E-state index contributed by atoms with van der Waals surface area (Å²) in [7, 11) is 0. The van der Waals surface area contributed by atoms with Gasteiger partial charge >= 0.3 is 5.97 Å². The van der Waals surface area contributed by atoms with Crippen molar-refractivity contribution in [2.75, 3.05) is 36.9 Å². The molecule has 182 valence electrons. The van der Waals surface area contributed by atoms with Gasteiger partial charge in [0.2, 0.25) is 11.9 Å². The summed E-state index contributed by atoms with van der Waals surface area (Å²) in [6.45, 7) is 5.87. The lowest BCUT2D eigenvalue weighted by Gasteiger charge is -2.30. The van der Waals surface area contributed by atoms with Crippen LogP contribution in [0.3, 0.4) is 0 Å². The van der Waals surface area contributed by atoms with Gasteiger partial charge in [-0.15, -0.1) is 0 Å². The number of piperidine rings is 1. The van der Waals surface area contributed by atoms with E-state index in [1.54, 1.807) is 18.6 Å². The SMILES string of the molecule is CCOC(=O)C1CCN(CC(=O)Nc2ccc(C)c(Nc3nccc(-c4ccncc4)n3)c2)CC1. The van der Waals surface area contributed by atoms with Crippen LogP contribution in [0.1, 0.15) is 25.3 Å². The molecule has 1 fully saturated rings. The predicted octanol–water partition coefficient (Wildman–Crippen LogP) is 3.80. The van der Waals surface area contributed by atoms with E-state index in [4.69, 9.17) is 4.74 Å². The summed E-state index contributed by atoms with van der Waals surface area (Å²) in [4.78, 5) is 39.6. The maximum atomic E-state index is 12.7. The minimum Gasteiger partial charge on any atom is -0.466 e. The number of ether oxygens (including phenoxy) is 1. The van der Waals surface area contributed by atoms with Crippen molar-refractivity contribution in [1.29, 1.82) is 0 Å². The van der Waals surface area contributed by atoms with Crippen LogP contribution in [-0.2, 0) is 14.3 Å². The lowest BCUT2D eigenvalue weighted by molar-refractivity contribution is -0.149. The van der Waals surface area contributed by atoms with Crippen molar-refractivity contribution >= 4 is 29.2 Å². The normalized spacial score (nSPS) is 14.3. The molecule has 0 aliphatic carbocycles. The molecular formula is C26H30N6O3. The number of nitrogens with one attached hydrogen (secondary N) is 2. The zero-order valence-corrected chi connectivity index (χ0v) is 20.0. The Hall–Kier alpha value is -3.85. The molecule has 3 heterocycles. The molecule has 3 aromatic rings. The fourth-order valence-corrected chi connectivity index (χ4v) is 4.05. The van der Waals surface area contributed by atoms with Crippen LogP contribution in [0.25, 0.3) is 11.3 Å². The first kappa shape index (κ1) is 24.3. The maximum Gasteiger partial charge on any atom is 0.309 e. The number of amides is 1. The lowest BCUT2D eigenvalue weighted by Crippen LogP contribution is -2.41. The molecule has 1 aliphatic heterocycles. The first-order chi connectivity index (χ1) is 17.0. The van der Waals surface area contributed by atoms with E-state index in [-0.39, 0.29) is 24.3 Å². The summed E-state index contributed by atoms with van der Waals surface area (Å²) in [6, 6.07) is 11.3. The number of rotatable bonds is 8. The molecule has 0 atom stereocenters. The van der Waals surface area contributed by atoms with Gasteiger partial charge in [-0.05, 0) is 75.7 Å². The fraction of sp³-hybridized carbons (Fsp3) is 0.346. The van der Waals surface area contributed by atoms with Gasteiger partial charge in [-0.1, -0.05) is 6.07 Å². The van der Waals surface area contributed by atoms with Crippen LogP contribution in [0.15, 0.2) is 55.0 Å². The molecule has 4 rings (SSSR count). The Morgan fingerprint density at radius 3 is 2.60 bits per heavy atom. The van der Waals surface area contributed by atoms with Crippen molar-refractivity contribution in [3.63, 3.8) is 0 Å². The predicted molar refractivity (Wildman–Crippen MR) is 134 cm³/mol. The van der Waals surface area contributed by atoms with Crippen LogP contribution >= 0.6 is 0 Å². The number of carbonyl (C=O) groups excluding carboxylic acids is 2. The zero-order chi connectivity index (χ0) is 24.6. The molecule has 9 nitrogen and oxygen atoms in total. The highest BCUT2D eigenvalue weighted by Crippen LogP contribution is 2.24. The molecule has 1 amide bonds. The molecule has 2 aromatic heterocycles. The van der Waals surface area contributed by atoms with Crippen LogP contribution in [0.5, 0.6) is 0 Å². The fourth-order valence-electron chi connectivity index (χ4n) is 4.05. The van der Waals surface area contributed by atoms with Crippen LogP contribution in [0, 0.1) is 12.8 Å². The standard InChI is InChI=1S/C26H30N6O3/c1-3-35-25(34)20-9-14-32(15-10-20)17-24(33)29-21-5-4-18(2)23(16-21)31-26-28-13-8-22(30-26)19-6-11-27-12-7-19/h4-8,11-13,16,20H,3,9-10,14-15,17H2,1-2H3,(H,29,33)(H,28,30,31). The monoisotopic (exact) mass is 474 g/mol. The first-order valence-electron chi connectivity index (χ1n) is 11.8. The number of pyridine rings is 1. The number of anilines is 3. The van der Waals surface area contributed by atoms with Crippen molar-refractivity contribution in [2.45, 2.75) is 26.7 Å². The molecular weight excluding hydrogens is 444 g/mol. The largest absolute Gasteiger partial charge is 0.466 e. The molecule has 9 heteroatoms. The summed E-state index contributed by atoms with van der Waals surface area (Å²) in [5.41, 5.74) is 4.25. The second kappa shape index (κ2) is 11.5. The molecule has 1 aromatic carbocycles. The second-order valence-electron chi connectivity index (χ2n) is 8.51. The summed E-state index contributed by atoms with van der Waals surface area (Å²) >= 11 is 0. The van der Waals surface area contributed by atoms with Gasteiger partial charge < -0.3 is 15.4 Å². The molecule has 0 unspecified atom stereocenters. The van der Waals surface area contributed by atoms with E-state index >= 15 is 0 Å². The third-order valence-corrected chi connectivity index (χ3v) is 5.97. The summed E-state index contributed by atoms with van der Waals surface area (Å²) in [5.74, 6) is 0.173. The van der Waals surface area contributed by atoms with Gasteiger partial charge in [-0.25, -0.2) is 9.97 Å².